The van der Waals surface area contributed by atoms with Crippen molar-refractivity contribution in [3.05, 3.63) is 23.8 Å². The Kier molecular flexibility index (Phi) is 5.98. The Hall–Kier alpha value is -2.44. The number of nitrogens with one attached hydrogen (secondary N) is 3. The molecular weight excluding hydrogens is 322 g/mol. The molecule has 0 radical (unpaired) electrons. The van der Waals surface area contributed by atoms with Gasteiger partial charge in [0.25, 0.3) is 0 Å². The number of carbonyl (C=O) groups is 2. The van der Waals surface area contributed by atoms with Crippen LogP contribution in [0.1, 0.15) is 44.1 Å². The van der Waals surface area contributed by atoms with Crippen molar-refractivity contribution >= 4 is 11.9 Å². The Morgan fingerprint density at radius 3 is 2.68 bits per heavy atom. The zero-order valence-electron chi connectivity index (χ0n) is 14.3. The van der Waals surface area contributed by atoms with Gasteiger partial charge in [0.1, 0.15) is 0 Å². The lowest BCUT2D eigenvalue weighted by Crippen LogP contribution is -2.43. The van der Waals surface area contributed by atoms with Crippen molar-refractivity contribution in [1.29, 1.82) is 0 Å². The maximum absolute atomic E-state index is 11.9. The molecule has 1 heterocycles. The smallest absolute Gasteiger partial charge is 0.315 e. The Labute approximate surface area is 147 Å². The van der Waals surface area contributed by atoms with Crippen molar-refractivity contribution in [2.24, 2.45) is 0 Å². The maximum atomic E-state index is 11.9. The van der Waals surface area contributed by atoms with Gasteiger partial charge >= 0.3 is 6.03 Å². The number of hydrogen-bond acceptors (Lipinski definition) is 4. The topological polar surface area (TPSA) is 88.7 Å². The summed E-state index contributed by atoms with van der Waals surface area (Å²) in [7, 11) is 0. The number of benzene rings is 1. The summed E-state index contributed by atoms with van der Waals surface area (Å²) in [6, 6.07) is 5.67. The summed E-state index contributed by atoms with van der Waals surface area (Å²) in [5, 5.41) is 8.55. The van der Waals surface area contributed by atoms with Crippen LogP contribution in [-0.4, -0.2) is 31.3 Å². The number of ether oxygens (including phenoxy) is 2. The summed E-state index contributed by atoms with van der Waals surface area (Å²) in [4.78, 5) is 23.7. The molecule has 1 aromatic carbocycles. The second-order valence-corrected chi connectivity index (χ2v) is 6.45. The van der Waals surface area contributed by atoms with E-state index in [0.717, 1.165) is 24.2 Å². The van der Waals surface area contributed by atoms with E-state index in [1.165, 1.54) is 19.3 Å². The van der Waals surface area contributed by atoms with E-state index in [1.807, 2.05) is 18.2 Å². The first kappa shape index (κ1) is 17.4. The third kappa shape index (κ3) is 5.27. The second kappa shape index (κ2) is 8.60. The van der Waals surface area contributed by atoms with E-state index in [9.17, 15) is 9.59 Å². The van der Waals surface area contributed by atoms with Crippen LogP contribution >= 0.6 is 0 Å². The molecule has 1 aliphatic heterocycles. The number of rotatable bonds is 6. The number of fused-ring (bicyclic) bond motifs is 1. The molecule has 3 amide bonds. The van der Waals surface area contributed by atoms with Crippen LogP contribution in [0, 0.1) is 0 Å². The van der Waals surface area contributed by atoms with Gasteiger partial charge in [0, 0.05) is 25.6 Å². The minimum atomic E-state index is -0.185. The quantitative estimate of drug-likeness (QED) is 0.735. The minimum Gasteiger partial charge on any atom is -0.454 e. The number of hydrogen-bond donors (Lipinski definition) is 3. The van der Waals surface area contributed by atoms with Gasteiger partial charge in [0.15, 0.2) is 11.5 Å². The average molecular weight is 347 g/mol. The summed E-state index contributed by atoms with van der Waals surface area (Å²) < 4.78 is 10.6. The van der Waals surface area contributed by atoms with E-state index < -0.39 is 0 Å². The number of amides is 3. The van der Waals surface area contributed by atoms with E-state index in [2.05, 4.69) is 16.0 Å². The summed E-state index contributed by atoms with van der Waals surface area (Å²) in [6.45, 7) is 0.981. The summed E-state index contributed by atoms with van der Waals surface area (Å²) in [6.07, 6.45) is 5.94. The van der Waals surface area contributed by atoms with E-state index in [1.54, 1.807) is 0 Å². The standard InChI is InChI=1S/C18H25N3O4/c22-17(8-9-19-18(23)21-14-4-2-1-3-5-14)20-11-13-6-7-15-16(10-13)25-12-24-15/h6-7,10,14H,1-5,8-9,11-12H2,(H,20,22)(H2,19,21,23). The Morgan fingerprint density at radius 1 is 1.04 bits per heavy atom. The van der Waals surface area contributed by atoms with Crippen LogP contribution in [0.4, 0.5) is 4.79 Å². The van der Waals surface area contributed by atoms with Gasteiger partial charge in [-0.1, -0.05) is 25.3 Å². The molecule has 3 N–H and O–H groups in total. The van der Waals surface area contributed by atoms with Crippen LogP contribution in [0.3, 0.4) is 0 Å². The first-order valence-corrected chi connectivity index (χ1v) is 8.90. The van der Waals surface area contributed by atoms with Crippen LogP contribution in [0.2, 0.25) is 0 Å². The van der Waals surface area contributed by atoms with Gasteiger partial charge < -0.3 is 25.4 Å². The molecule has 1 aliphatic carbocycles. The van der Waals surface area contributed by atoms with Gasteiger partial charge in [0.05, 0.1) is 0 Å². The lowest BCUT2D eigenvalue weighted by Gasteiger charge is -2.22. The normalized spacial score (nSPS) is 16.3. The van der Waals surface area contributed by atoms with E-state index >= 15 is 0 Å². The molecule has 2 aliphatic rings. The van der Waals surface area contributed by atoms with Gasteiger partial charge in [-0.15, -0.1) is 0 Å². The molecule has 0 atom stereocenters. The summed E-state index contributed by atoms with van der Waals surface area (Å²) in [5.74, 6) is 1.33. The van der Waals surface area contributed by atoms with Crippen molar-refractivity contribution < 1.29 is 19.1 Å². The van der Waals surface area contributed by atoms with Gasteiger partial charge in [-0.05, 0) is 30.5 Å². The van der Waals surface area contributed by atoms with Gasteiger partial charge in [-0.2, -0.15) is 0 Å². The van der Waals surface area contributed by atoms with E-state index in [-0.39, 0.29) is 31.2 Å². The number of carbonyl (C=O) groups excluding carboxylic acids is 2. The molecule has 7 nitrogen and oxygen atoms in total. The maximum Gasteiger partial charge on any atom is 0.315 e. The lowest BCUT2D eigenvalue weighted by molar-refractivity contribution is -0.121. The summed E-state index contributed by atoms with van der Waals surface area (Å²) in [5.41, 5.74) is 0.945. The molecule has 25 heavy (non-hydrogen) atoms. The molecule has 0 unspecified atom stereocenters. The Morgan fingerprint density at radius 2 is 1.84 bits per heavy atom. The van der Waals surface area contributed by atoms with Crippen LogP contribution in [0.15, 0.2) is 18.2 Å². The molecule has 7 heteroatoms. The molecule has 1 aromatic rings. The first-order valence-electron chi connectivity index (χ1n) is 8.90. The highest BCUT2D eigenvalue weighted by Gasteiger charge is 2.16. The predicted molar refractivity (Wildman–Crippen MR) is 92.4 cm³/mol. The summed E-state index contributed by atoms with van der Waals surface area (Å²) >= 11 is 0. The second-order valence-electron chi connectivity index (χ2n) is 6.45. The Bertz CT molecular complexity index is 614. The molecular formula is C18H25N3O4. The number of urea groups is 1. The van der Waals surface area contributed by atoms with Crippen molar-refractivity contribution in [2.75, 3.05) is 13.3 Å². The largest absolute Gasteiger partial charge is 0.454 e. The third-order valence-corrected chi connectivity index (χ3v) is 4.50. The molecule has 0 saturated heterocycles. The van der Waals surface area contributed by atoms with Crippen LogP contribution in [0.25, 0.3) is 0 Å². The lowest BCUT2D eigenvalue weighted by atomic mass is 9.96. The molecule has 3 rings (SSSR count). The highest BCUT2D eigenvalue weighted by Crippen LogP contribution is 2.32. The first-order chi connectivity index (χ1) is 12.2. The fourth-order valence-corrected chi connectivity index (χ4v) is 3.11. The molecule has 0 bridgehead atoms. The SMILES string of the molecule is O=C(CCNC(=O)NC1CCCCC1)NCc1ccc2c(c1)OCO2. The van der Waals surface area contributed by atoms with E-state index in [0.29, 0.717) is 18.8 Å². The third-order valence-electron chi connectivity index (χ3n) is 4.50. The van der Waals surface area contributed by atoms with Crippen molar-refractivity contribution in [1.82, 2.24) is 16.0 Å². The predicted octanol–water partition coefficient (Wildman–Crippen LogP) is 2.05. The molecule has 1 saturated carbocycles. The molecule has 0 aromatic heterocycles. The van der Waals surface area contributed by atoms with Crippen molar-refractivity contribution in [2.45, 2.75) is 51.1 Å². The fraction of sp³-hybridized carbons (Fsp3) is 0.556. The average Bonchev–Trinajstić information content (AvgIpc) is 3.08. The van der Waals surface area contributed by atoms with Crippen LogP contribution < -0.4 is 25.4 Å². The van der Waals surface area contributed by atoms with Gasteiger partial charge in [-0.25, -0.2) is 4.79 Å². The molecule has 136 valence electrons. The van der Waals surface area contributed by atoms with Crippen LogP contribution in [-0.2, 0) is 11.3 Å². The highest BCUT2D eigenvalue weighted by atomic mass is 16.7. The van der Waals surface area contributed by atoms with Crippen molar-refractivity contribution in [3.63, 3.8) is 0 Å². The van der Waals surface area contributed by atoms with Crippen molar-refractivity contribution in [3.8, 4) is 11.5 Å². The van der Waals surface area contributed by atoms with Crippen LogP contribution in [0.5, 0.6) is 11.5 Å². The van der Waals surface area contributed by atoms with Gasteiger partial charge in [0.2, 0.25) is 12.7 Å². The molecule has 1 fully saturated rings. The zero-order chi connectivity index (χ0) is 17.5. The minimum absolute atomic E-state index is 0.101. The fourth-order valence-electron chi connectivity index (χ4n) is 3.11. The zero-order valence-corrected chi connectivity index (χ0v) is 14.3. The monoisotopic (exact) mass is 347 g/mol. The van der Waals surface area contributed by atoms with E-state index in [4.69, 9.17) is 9.47 Å². The highest BCUT2D eigenvalue weighted by molar-refractivity contribution is 5.78. The van der Waals surface area contributed by atoms with Gasteiger partial charge in [-0.3, -0.25) is 4.79 Å². The molecule has 0 spiro atoms. The Balaban J connectivity index is 1.30.